The first-order valence-corrected chi connectivity index (χ1v) is 11.5. The molecule has 8 heteroatoms. The molecule has 2 unspecified atom stereocenters. The van der Waals surface area contributed by atoms with E-state index in [1.807, 2.05) is 11.0 Å². The maximum atomic E-state index is 12.9. The van der Waals surface area contributed by atoms with Crippen LogP contribution in [0.1, 0.15) is 57.0 Å². The molecule has 2 atom stereocenters. The zero-order chi connectivity index (χ0) is 22.5. The van der Waals surface area contributed by atoms with Crippen LogP contribution in [0.2, 0.25) is 0 Å². The van der Waals surface area contributed by atoms with Crippen LogP contribution in [0.3, 0.4) is 0 Å². The molecule has 0 bridgehead atoms. The lowest BCUT2D eigenvalue weighted by atomic mass is 9.86. The van der Waals surface area contributed by atoms with Crippen LogP contribution >= 0.6 is 0 Å². The van der Waals surface area contributed by atoms with Gasteiger partial charge in [-0.3, -0.25) is 20.0 Å². The van der Waals surface area contributed by atoms with Gasteiger partial charge in [0, 0.05) is 48.8 Å². The van der Waals surface area contributed by atoms with Crippen LogP contribution in [0.25, 0.3) is 11.0 Å². The fraction of sp³-hybridized carbons (Fsp3) is 0.583. The molecule has 2 aromatic rings. The van der Waals surface area contributed by atoms with Crippen LogP contribution in [0, 0.1) is 16.7 Å². The third-order valence-corrected chi connectivity index (χ3v) is 7.40. The van der Waals surface area contributed by atoms with Crippen LogP contribution in [0.5, 0.6) is 0 Å². The highest BCUT2D eigenvalue weighted by Crippen LogP contribution is 2.59. The number of piperidine rings is 1. The molecular formula is C24H31N5O3. The first-order chi connectivity index (χ1) is 15.2. The number of aromatic nitrogens is 1. The number of nitrogens with zero attached hydrogens (tertiary/aromatic N) is 3. The normalized spacial score (nSPS) is 24.3. The van der Waals surface area contributed by atoms with Crippen LogP contribution in [-0.2, 0) is 4.79 Å². The number of amides is 2. The van der Waals surface area contributed by atoms with Crippen molar-refractivity contribution in [1.29, 1.82) is 0 Å². The molecule has 1 aliphatic carbocycles. The molecule has 32 heavy (non-hydrogen) atoms. The van der Waals surface area contributed by atoms with E-state index >= 15 is 0 Å². The van der Waals surface area contributed by atoms with Gasteiger partial charge in [0.15, 0.2) is 11.3 Å². The van der Waals surface area contributed by atoms with Crippen LogP contribution in [-0.4, -0.2) is 53.1 Å². The number of pyridine rings is 1. The minimum Gasteiger partial charge on any atom is -0.449 e. The van der Waals surface area contributed by atoms with Gasteiger partial charge in [0.05, 0.1) is 6.20 Å². The smallest absolute Gasteiger partial charge is 0.287 e. The highest BCUT2D eigenvalue weighted by Gasteiger charge is 2.55. The molecule has 2 aliphatic heterocycles. The van der Waals surface area contributed by atoms with E-state index in [4.69, 9.17) is 4.42 Å². The van der Waals surface area contributed by atoms with Gasteiger partial charge in [-0.25, -0.2) is 0 Å². The van der Waals surface area contributed by atoms with Gasteiger partial charge in [0.25, 0.3) is 5.91 Å². The topological polar surface area (TPSA) is 99.8 Å². The number of hydrogen-bond donors (Lipinski definition) is 2. The van der Waals surface area contributed by atoms with Crippen molar-refractivity contribution in [3.05, 3.63) is 30.3 Å². The largest absolute Gasteiger partial charge is 0.449 e. The summed E-state index contributed by atoms with van der Waals surface area (Å²) in [5, 5.41) is 8.31. The van der Waals surface area contributed by atoms with Crippen molar-refractivity contribution in [2.75, 3.05) is 19.6 Å². The molecule has 0 radical (unpaired) electrons. The number of nitrogens with one attached hydrogen (secondary N) is 2. The Hall–Kier alpha value is -2.90. The zero-order valence-corrected chi connectivity index (χ0v) is 19.0. The highest BCUT2D eigenvalue weighted by atomic mass is 16.3. The van der Waals surface area contributed by atoms with Crippen LogP contribution < -0.4 is 10.7 Å². The standard InChI is InChI=1S/C24H31N5O3/c1-23(2,3)20-11-17(27-28-20)22(31)29-8-5-24(6-9-29)12-16(24)13-26-21(30)18-10-15-4-7-25-14-19(15)32-18/h4,7,10,14,16-17,27H,5-6,8-9,11-13H2,1-3H3,(H,26,30). The van der Waals surface area contributed by atoms with E-state index < -0.39 is 0 Å². The summed E-state index contributed by atoms with van der Waals surface area (Å²) >= 11 is 0. The molecule has 2 amide bonds. The SMILES string of the molecule is CC(C)(C)C1=NNC(C(=O)N2CCC3(CC2)CC3CNC(=O)c2cc3ccncc3o2)C1. The Balaban J connectivity index is 1.09. The number of furan rings is 1. The van der Waals surface area contributed by atoms with E-state index in [1.54, 1.807) is 18.5 Å². The Bertz CT molecular complexity index is 1040. The van der Waals surface area contributed by atoms with E-state index in [-0.39, 0.29) is 28.7 Å². The molecule has 8 nitrogen and oxygen atoms in total. The summed E-state index contributed by atoms with van der Waals surface area (Å²) in [6.07, 6.45) is 7.09. The van der Waals surface area contributed by atoms with E-state index in [0.717, 1.165) is 43.4 Å². The second kappa shape index (κ2) is 7.60. The lowest BCUT2D eigenvalue weighted by molar-refractivity contribution is -0.134. The molecular weight excluding hydrogens is 406 g/mol. The van der Waals surface area contributed by atoms with Gasteiger partial charge >= 0.3 is 0 Å². The summed E-state index contributed by atoms with van der Waals surface area (Å²) in [5.74, 6) is 0.768. The van der Waals surface area contributed by atoms with E-state index in [1.165, 1.54) is 0 Å². The fourth-order valence-corrected chi connectivity index (χ4v) is 5.08. The van der Waals surface area contributed by atoms with Gasteiger partial charge in [0.2, 0.25) is 5.91 Å². The Morgan fingerprint density at radius 1 is 1.31 bits per heavy atom. The fourth-order valence-electron chi connectivity index (χ4n) is 5.08. The van der Waals surface area contributed by atoms with Crippen molar-refractivity contribution < 1.29 is 14.0 Å². The average Bonchev–Trinajstić information content (AvgIpc) is 3.16. The van der Waals surface area contributed by atoms with E-state index in [2.05, 4.69) is 41.6 Å². The summed E-state index contributed by atoms with van der Waals surface area (Å²) in [5.41, 5.74) is 4.97. The number of carbonyl (C=O) groups excluding carboxylic acids is 2. The van der Waals surface area contributed by atoms with E-state index in [0.29, 0.717) is 30.2 Å². The molecule has 5 rings (SSSR count). The van der Waals surface area contributed by atoms with Gasteiger partial charge in [-0.2, -0.15) is 5.10 Å². The molecule has 1 spiro atoms. The molecule has 1 saturated heterocycles. The van der Waals surface area contributed by atoms with Crippen molar-refractivity contribution in [1.82, 2.24) is 20.6 Å². The molecule has 1 saturated carbocycles. The van der Waals surface area contributed by atoms with Crippen molar-refractivity contribution >= 4 is 28.5 Å². The maximum Gasteiger partial charge on any atom is 0.287 e. The number of hydrazone groups is 1. The predicted molar refractivity (Wildman–Crippen MR) is 121 cm³/mol. The van der Waals surface area contributed by atoms with Crippen molar-refractivity contribution in [3.63, 3.8) is 0 Å². The lowest BCUT2D eigenvalue weighted by Gasteiger charge is -2.34. The van der Waals surface area contributed by atoms with Crippen molar-refractivity contribution in [2.24, 2.45) is 21.8 Å². The van der Waals surface area contributed by atoms with Crippen molar-refractivity contribution in [2.45, 2.75) is 52.5 Å². The van der Waals surface area contributed by atoms with Crippen LogP contribution in [0.4, 0.5) is 0 Å². The molecule has 2 aromatic heterocycles. The Morgan fingerprint density at radius 3 is 2.78 bits per heavy atom. The summed E-state index contributed by atoms with van der Waals surface area (Å²) in [4.78, 5) is 31.5. The number of fused-ring (bicyclic) bond motifs is 1. The summed E-state index contributed by atoms with van der Waals surface area (Å²) < 4.78 is 5.60. The first kappa shape index (κ1) is 21.0. The Morgan fingerprint density at radius 2 is 2.09 bits per heavy atom. The highest BCUT2D eigenvalue weighted by molar-refractivity contribution is 5.97. The maximum absolute atomic E-state index is 12.9. The second-order valence-corrected chi connectivity index (χ2v) is 10.5. The molecule has 2 N–H and O–H groups in total. The molecule has 0 aromatic carbocycles. The molecule has 3 aliphatic rings. The second-order valence-electron chi connectivity index (χ2n) is 10.5. The molecule has 170 valence electrons. The third kappa shape index (κ3) is 3.87. The van der Waals surface area contributed by atoms with Gasteiger partial charge in [-0.05, 0) is 42.7 Å². The summed E-state index contributed by atoms with van der Waals surface area (Å²) in [7, 11) is 0. The van der Waals surface area contributed by atoms with Gasteiger partial charge in [0.1, 0.15) is 6.04 Å². The molecule has 4 heterocycles. The summed E-state index contributed by atoms with van der Waals surface area (Å²) in [6, 6.07) is 3.36. The minimum atomic E-state index is -0.230. The van der Waals surface area contributed by atoms with Crippen LogP contribution in [0.15, 0.2) is 34.0 Å². The van der Waals surface area contributed by atoms with Gasteiger partial charge in [-0.1, -0.05) is 20.8 Å². The summed E-state index contributed by atoms with van der Waals surface area (Å²) in [6.45, 7) is 8.59. The number of likely N-dealkylation sites (tertiary alicyclic amines) is 1. The number of carbonyl (C=O) groups is 2. The van der Waals surface area contributed by atoms with Gasteiger partial charge in [-0.15, -0.1) is 0 Å². The Kier molecular flexibility index (Phi) is 4.98. The lowest BCUT2D eigenvalue weighted by Crippen LogP contribution is -2.47. The monoisotopic (exact) mass is 437 g/mol. The van der Waals surface area contributed by atoms with Gasteiger partial charge < -0.3 is 14.6 Å². The quantitative estimate of drug-likeness (QED) is 0.766. The number of rotatable bonds is 4. The number of hydrogen-bond acceptors (Lipinski definition) is 6. The van der Waals surface area contributed by atoms with E-state index in [9.17, 15) is 9.59 Å². The first-order valence-electron chi connectivity index (χ1n) is 11.5. The van der Waals surface area contributed by atoms with Crippen molar-refractivity contribution in [3.8, 4) is 0 Å². The predicted octanol–water partition coefficient (Wildman–Crippen LogP) is 2.95. The minimum absolute atomic E-state index is 0.0150. The molecule has 2 fully saturated rings. The third-order valence-electron chi connectivity index (χ3n) is 7.40. The Labute approximate surface area is 187 Å². The average molecular weight is 438 g/mol. The zero-order valence-electron chi connectivity index (χ0n) is 19.0.